The Labute approximate surface area is 137 Å². The van der Waals surface area contributed by atoms with Gasteiger partial charge in [-0.1, -0.05) is 12.0 Å². The average molecular weight is 342 g/mol. The number of aliphatic hydroxyl groups is 1. The smallest absolute Gasteiger partial charge is 0.422 e. The number of carbonyl (C=O) groups excluding carboxylic acids is 1. The lowest BCUT2D eigenvalue weighted by atomic mass is 10.0. The minimum Gasteiger partial charge on any atom is -0.502 e. The van der Waals surface area contributed by atoms with Gasteiger partial charge in [-0.25, -0.2) is 4.79 Å². The predicted octanol–water partition coefficient (Wildman–Crippen LogP) is 2.63. The zero-order valence-corrected chi connectivity index (χ0v) is 12.9. The fourth-order valence-corrected chi connectivity index (χ4v) is 1.59. The highest BCUT2D eigenvalue weighted by atomic mass is 19.4. The van der Waals surface area contributed by atoms with Crippen LogP contribution in [0.3, 0.4) is 0 Å². The number of halogens is 3. The van der Waals surface area contributed by atoms with Crippen LogP contribution in [0, 0.1) is 12.3 Å². The van der Waals surface area contributed by atoms with Gasteiger partial charge >= 0.3 is 12.2 Å². The van der Waals surface area contributed by atoms with Gasteiger partial charge in [0, 0.05) is 11.3 Å². The van der Waals surface area contributed by atoms with Crippen molar-refractivity contribution in [2.75, 3.05) is 18.5 Å². The molecule has 0 fully saturated rings. The highest BCUT2D eigenvalue weighted by molar-refractivity contribution is 5.89. The van der Waals surface area contributed by atoms with E-state index in [1.165, 1.54) is 12.1 Å². The standard InChI is InChI=1S/C16H17F3N2O3/c1-3-12-6-5-7-13(10-12)21-14(22)20-11-15(23,16(17,18)19)8-9-24-4-2/h1,5-10,23H,4,11H2,2H3,(H2,20,21,22). The number of carbonyl (C=O) groups is 1. The van der Waals surface area contributed by atoms with E-state index in [9.17, 15) is 23.1 Å². The third kappa shape index (κ3) is 5.52. The maximum Gasteiger partial charge on any atom is 0.422 e. The van der Waals surface area contributed by atoms with E-state index in [0.29, 0.717) is 17.3 Å². The molecular formula is C16H17F3N2O3. The Morgan fingerprint density at radius 2 is 2.17 bits per heavy atom. The summed E-state index contributed by atoms with van der Waals surface area (Å²) in [4.78, 5) is 11.7. The monoisotopic (exact) mass is 342 g/mol. The van der Waals surface area contributed by atoms with Gasteiger partial charge in [0.1, 0.15) is 0 Å². The summed E-state index contributed by atoms with van der Waals surface area (Å²) in [6.45, 7) is 0.637. The van der Waals surface area contributed by atoms with Gasteiger partial charge in [-0.3, -0.25) is 0 Å². The number of nitrogens with one attached hydrogen (secondary N) is 2. The van der Waals surface area contributed by atoms with Crippen LogP contribution >= 0.6 is 0 Å². The average Bonchev–Trinajstić information content (AvgIpc) is 2.52. The molecule has 0 aliphatic carbocycles. The molecule has 1 atom stereocenters. The second-order valence-electron chi connectivity index (χ2n) is 4.71. The van der Waals surface area contributed by atoms with E-state index < -0.39 is 24.4 Å². The van der Waals surface area contributed by atoms with E-state index >= 15 is 0 Å². The van der Waals surface area contributed by atoms with Crippen molar-refractivity contribution in [3.63, 3.8) is 0 Å². The number of ether oxygens (including phenoxy) is 1. The lowest BCUT2D eigenvalue weighted by Crippen LogP contribution is -2.52. The Kier molecular flexibility index (Phi) is 6.68. The van der Waals surface area contributed by atoms with Gasteiger partial charge in [0.05, 0.1) is 19.4 Å². The molecule has 0 aliphatic rings. The summed E-state index contributed by atoms with van der Waals surface area (Å²) in [7, 11) is 0. The minimum atomic E-state index is -4.99. The molecule has 0 aliphatic heterocycles. The molecule has 5 nitrogen and oxygen atoms in total. The van der Waals surface area contributed by atoms with Crippen LogP contribution in [0.2, 0.25) is 0 Å². The van der Waals surface area contributed by atoms with Crippen molar-refractivity contribution in [2.45, 2.75) is 18.7 Å². The predicted molar refractivity (Wildman–Crippen MR) is 83.2 cm³/mol. The third-order valence-electron chi connectivity index (χ3n) is 2.90. The molecule has 3 N–H and O–H groups in total. The summed E-state index contributed by atoms with van der Waals surface area (Å²) >= 11 is 0. The van der Waals surface area contributed by atoms with Gasteiger partial charge < -0.3 is 20.5 Å². The molecule has 8 heteroatoms. The Bertz CT molecular complexity index is 638. The van der Waals surface area contributed by atoms with Crippen molar-refractivity contribution in [1.82, 2.24) is 5.32 Å². The van der Waals surface area contributed by atoms with Crippen LogP contribution in [-0.4, -0.2) is 36.1 Å². The van der Waals surface area contributed by atoms with Gasteiger partial charge in [0.25, 0.3) is 0 Å². The maximum absolute atomic E-state index is 13.0. The molecule has 1 unspecified atom stereocenters. The molecule has 0 saturated heterocycles. The number of amides is 2. The topological polar surface area (TPSA) is 70.6 Å². The van der Waals surface area contributed by atoms with Crippen LogP contribution < -0.4 is 10.6 Å². The second kappa shape index (κ2) is 8.26. The van der Waals surface area contributed by atoms with Crippen LogP contribution in [0.4, 0.5) is 23.7 Å². The first-order chi connectivity index (χ1) is 11.2. The lowest BCUT2D eigenvalue weighted by molar-refractivity contribution is -0.237. The third-order valence-corrected chi connectivity index (χ3v) is 2.90. The number of hydrogen-bond acceptors (Lipinski definition) is 3. The van der Waals surface area contributed by atoms with Gasteiger partial charge in [-0.05, 0) is 31.2 Å². The molecule has 1 aromatic carbocycles. The molecule has 130 valence electrons. The van der Waals surface area contributed by atoms with Crippen molar-refractivity contribution < 1.29 is 27.8 Å². The van der Waals surface area contributed by atoms with Gasteiger partial charge in [-0.15, -0.1) is 6.42 Å². The molecule has 1 rings (SSSR count). The van der Waals surface area contributed by atoms with E-state index in [1.807, 2.05) is 5.32 Å². The van der Waals surface area contributed by atoms with E-state index in [4.69, 9.17) is 6.42 Å². The molecule has 24 heavy (non-hydrogen) atoms. The van der Waals surface area contributed by atoms with Crippen molar-refractivity contribution in [2.24, 2.45) is 0 Å². The lowest BCUT2D eigenvalue weighted by Gasteiger charge is -2.27. The van der Waals surface area contributed by atoms with E-state index in [0.717, 1.165) is 6.26 Å². The van der Waals surface area contributed by atoms with Gasteiger partial charge in [-0.2, -0.15) is 13.2 Å². The molecule has 0 radical (unpaired) electrons. The number of benzene rings is 1. The summed E-state index contributed by atoms with van der Waals surface area (Å²) in [6.07, 6.45) is 1.41. The number of urea groups is 1. The summed E-state index contributed by atoms with van der Waals surface area (Å²) < 4.78 is 43.5. The highest BCUT2D eigenvalue weighted by Gasteiger charge is 2.52. The van der Waals surface area contributed by atoms with E-state index in [-0.39, 0.29) is 6.61 Å². The molecule has 0 bridgehead atoms. The Balaban J connectivity index is 2.72. The van der Waals surface area contributed by atoms with Crippen LogP contribution in [0.5, 0.6) is 0 Å². The number of rotatable bonds is 6. The van der Waals surface area contributed by atoms with E-state index in [1.54, 1.807) is 19.1 Å². The molecule has 2 amide bonds. The SMILES string of the molecule is C#Cc1cccc(NC(=O)NCC(O)(C=COCC)C(F)(F)F)c1. The largest absolute Gasteiger partial charge is 0.502 e. The number of hydrogen-bond donors (Lipinski definition) is 3. The first-order valence-electron chi connectivity index (χ1n) is 6.92. The quantitative estimate of drug-likeness (QED) is 0.550. The normalized spacial score (nSPS) is 13.8. The fraction of sp³-hybridized carbons (Fsp3) is 0.312. The van der Waals surface area contributed by atoms with Crippen molar-refractivity contribution >= 4 is 11.7 Å². The van der Waals surface area contributed by atoms with Crippen molar-refractivity contribution in [3.05, 3.63) is 42.2 Å². The zero-order chi connectivity index (χ0) is 18.2. The summed E-state index contributed by atoms with van der Waals surface area (Å²) in [5.74, 6) is 2.36. The van der Waals surface area contributed by atoms with Crippen LogP contribution in [0.25, 0.3) is 0 Å². The van der Waals surface area contributed by atoms with Gasteiger partial charge in [0.2, 0.25) is 0 Å². The molecule has 1 aromatic rings. The van der Waals surface area contributed by atoms with Crippen molar-refractivity contribution in [1.29, 1.82) is 0 Å². The van der Waals surface area contributed by atoms with Crippen LogP contribution in [-0.2, 0) is 4.74 Å². The fourth-order valence-electron chi connectivity index (χ4n) is 1.59. The molecule has 0 heterocycles. The summed E-state index contributed by atoms with van der Waals surface area (Å²) in [6, 6.07) is 5.29. The first kappa shape index (κ1) is 19.4. The molecule has 0 aromatic heterocycles. The number of anilines is 1. The van der Waals surface area contributed by atoms with Gasteiger partial charge in [0.15, 0.2) is 5.60 Å². The zero-order valence-electron chi connectivity index (χ0n) is 12.9. The molecule has 0 saturated carbocycles. The highest BCUT2D eigenvalue weighted by Crippen LogP contribution is 2.31. The van der Waals surface area contributed by atoms with Crippen LogP contribution in [0.15, 0.2) is 36.6 Å². The second-order valence-corrected chi connectivity index (χ2v) is 4.71. The number of terminal acetylenes is 1. The Hall–Kier alpha value is -2.66. The summed E-state index contributed by atoms with van der Waals surface area (Å²) in [5.41, 5.74) is -2.44. The van der Waals surface area contributed by atoms with Crippen molar-refractivity contribution in [3.8, 4) is 12.3 Å². The maximum atomic E-state index is 13.0. The Morgan fingerprint density at radius 3 is 2.75 bits per heavy atom. The molecular weight excluding hydrogens is 325 g/mol. The Morgan fingerprint density at radius 1 is 1.46 bits per heavy atom. The minimum absolute atomic E-state index is 0.143. The number of alkyl halides is 3. The first-order valence-corrected chi connectivity index (χ1v) is 6.92. The van der Waals surface area contributed by atoms with Crippen LogP contribution in [0.1, 0.15) is 12.5 Å². The van der Waals surface area contributed by atoms with E-state index in [2.05, 4.69) is 16.0 Å². The molecule has 0 spiro atoms. The summed E-state index contributed by atoms with van der Waals surface area (Å²) in [5, 5.41) is 14.0.